The molecule has 0 saturated heterocycles. The number of hydrogen-bond acceptors (Lipinski definition) is 3. The Bertz CT molecular complexity index is 575. The van der Waals surface area contributed by atoms with Crippen LogP contribution in [0, 0.1) is 0 Å². The number of ether oxygens (including phenoxy) is 2. The molecule has 21 heavy (non-hydrogen) atoms. The predicted molar refractivity (Wildman–Crippen MR) is 82.2 cm³/mol. The lowest BCUT2D eigenvalue weighted by Gasteiger charge is -2.09. The zero-order valence-electron chi connectivity index (χ0n) is 11.4. The monoisotopic (exact) mass is 305 g/mol. The molecule has 0 heterocycles. The molecule has 4 nitrogen and oxygen atoms in total. The van der Waals surface area contributed by atoms with Gasteiger partial charge in [0.1, 0.15) is 29.7 Å². The van der Waals surface area contributed by atoms with Gasteiger partial charge in [0.25, 0.3) is 0 Å². The molecule has 0 aliphatic heterocycles. The summed E-state index contributed by atoms with van der Waals surface area (Å²) in [6.45, 7) is 0.784. The Kier molecular flexibility index (Phi) is 5.91. The summed E-state index contributed by atoms with van der Waals surface area (Å²) in [5.41, 5.74) is 0. The molecule has 0 aliphatic carbocycles. The van der Waals surface area contributed by atoms with Crippen LogP contribution < -0.4 is 14.8 Å². The molecule has 0 aliphatic rings. The van der Waals surface area contributed by atoms with E-state index in [2.05, 4.69) is 5.32 Å². The van der Waals surface area contributed by atoms with Crippen LogP contribution in [-0.4, -0.2) is 24.9 Å². The van der Waals surface area contributed by atoms with E-state index in [1.807, 2.05) is 48.5 Å². The molecule has 0 radical (unpaired) electrons. The highest BCUT2D eigenvalue weighted by Gasteiger charge is 2.01. The van der Waals surface area contributed by atoms with Crippen LogP contribution in [0.1, 0.15) is 0 Å². The second kappa shape index (κ2) is 8.17. The molecule has 0 fully saturated rings. The lowest BCUT2D eigenvalue weighted by molar-refractivity contribution is -0.118. The number of hydrogen-bond donors (Lipinski definition) is 1. The van der Waals surface area contributed by atoms with E-state index in [9.17, 15) is 4.79 Å². The highest BCUT2D eigenvalue weighted by Crippen LogP contribution is 2.24. The van der Waals surface area contributed by atoms with Crippen LogP contribution in [0.4, 0.5) is 0 Å². The van der Waals surface area contributed by atoms with Crippen molar-refractivity contribution in [1.29, 1.82) is 0 Å². The number of halogens is 1. The average molecular weight is 306 g/mol. The lowest BCUT2D eigenvalue weighted by atomic mass is 10.3. The fourth-order valence-electron chi connectivity index (χ4n) is 1.66. The first kappa shape index (κ1) is 15.2. The molecule has 5 heteroatoms. The molecule has 0 atom stereocenters. The van der Waals surface area contributed by atoms with E-state index in [0.717, 1.165) is 5.75 Å². The highest BCUT2D eigenvalue weighted by molar-refractivity contribution is 6.27. The van der Waals surface area contributed by atoms with Gasteiger partial charge >= 0.3 is 0 Å². The van der Waals surface area contributed by atoms with E-state index >= 15 is 0 Å². The maximum Gasteiger partial charge on any atom is 0.235 e. The molecule has 1 amide bonds. The van der Waals surface area contributed by atoms with E-state index in [1.165, 1.54) is 0 Å². The van der Waals surface area contributed by atoms with Gasteiger partial charge in [-0.2, -0.15) is 0 Å². The minimum atomic E-state index is -0.207. The molecule has 0 spiro atoms. The summed E-state index contributed by atoms with van der Waals surface area (Å²) in [5.74, 6) is 1.90. The number of rotatable bonds is 7. The Labute approximate surface area is 128 Å². The number of nitrogens with one attached hydrogen (secondary N) is 1. The summed E-state index contributed by atoms with van der Waals surface area (Å²) in [6, 6.07) is 16.9. The summed E-state index contributed by atoms with van der Waals surface area (Å²) in [7, 11) is 0. The van der Waals surface area contributed by atoms with Gasteiger partial charge < -0.3 is 14.8 Å². The second-order valence-corrected chi connectivity index (χ2v) is 4.49. The van der Waals surface area contributed by atoms with Crippen molar-refractivity contribution < 1.29 is 14.3 Å². The standard InChI is InChI=1S/C16H16ClNO3/c17-12-16(19)18-9-10-20-14-7-4-8-15(11-14)21-13-5-2-1-3-6-13/h1-8,11H,9-10,12H2,(H,18,19). The highest BCUT2D eigenvalue weighted by atomic mass is 35.5. The van der Waals surface area contributed by atoms with Crippen molar-refractivity contribution in [3.63, 3.8) is 0 Å². The van der Waals surface area contributed by atoms with Crippen molar-refractivity contribution in [3.05, 3.63) is 54.6 Å². The SMILES string of the molecule is O=C(CCl)NCCOc1cccc(Oc2ccccc2)c1. The van der Waals surface area contributed by atoms with Crippen LogP contribution in [0.25, 0.3) is 0 Å². The van der Waals surface area contributed by atoms with Crippen molar-refractivity contribution in [2.45, 2.75) is 0 Å². The number of carbonyl (C=O) groups is 1. The summed E-state index contributed by atoms with van der Waals surface area (Å²) >= 11 is 5.38. The summed E-state index contributed by atoms with van der Waals surface area (Å²) in [4.78, 5) is 11.0. The molecule has 2 aromatic rings. The van der Waals surface area contributed by atoms with Gasteiger partial charge in [-0.1, -0.05) is 24.3 Å². The third-order valence-corrected chi connectivity index (χ3v) is 2.84. The van der Waals surface area contributed by atoms with E-state index in [1.54, 1.807) is 6.07 Å². The maximum atomic E-state index is 11.0. The fraction of sp³-hybridized carbons (Fsp3) is 0.188. The van der Waals surface area contributed by atoms with Crippen molar-refractivity contribution in [1.82, 2.24) is 5.32 Å². The van der Waals surface area contributed by atoms with Crippen molar-refractivity contribution in [2.75, 3.05) is 19.0 Å². The molecule has 1 N–H and O–H groups in total. The third kappa shape index (κ3) is 5.36. The van der Waals surface area contributed by atoms with Gasteiger partial charge in [-0.05, 0) is 24.3 Å². The first-order valence-electron chi connectivity index (χ1n) is 6.56. The smallest absolute Gasteiger partial charge is 0.235 e. The van der Waals surface area contributed by atoms with Gasteiger partial charge in [0.15, 0.2) is 0 Å². The third-order valence-electron chi connectivity index (χ3n) is 2.60. The molecule has 2 aromatic carbocycles. The Morgan fingerprint density at radius 1 is 1.00 bits per heavy atom. The van der Waals surface area contributed by atoms with E-state index in [0.29, 0.717) is 24.7 Å². The predicted octanol–water partition coefficient (Wildman–Crippen LogP) is 3.21. The molecule has 0 unspecified atom stereocenters. The molecule has 2 rings (SSSR count). The zero-order valence-corrected chi connectivity index (χ0v) is 12.2. The Morgan fingerprint density at radius 3 is 2.48 bits per heavy atom. The summed E-state index contributed by atoms with van der Waals surface area (Å²) < 4.78 is 11.3. The maximum absolute atomic E-state index is 11.0. The van der Waals surface area contributed by atoms with Crippen molar-refractivity contribution >= 4 is 17.5 Å². The van der Waals surface area contributed by atoms with Crippen LogP contribution in [0.3, 0.4) is 0 Å². The Hall–Kier alpha value is -2.20. The van der Waals surface area contributed by atoms with Gasteiger partial charge in [-0.15, -0.1) is 11.6 Å². The quantitative estimate of drug-likeness (QED) is 0.631. The molecule has 0 aromatic heterocycles. The molecule has 0 bridgehead atoms. The minimum Gasteiger partial charge on any atom is -0.492 e. The van der Waals surface area contributed by atoms with Crippen LogP contribution in [0.15, 0.2) is 54.6 Å². The van der Waals surface area contributed by atoms with Crippen LogP contribution in [-0.2, 0) is 4.79 Å². The molecular weight excluding hydrogens is 290 g/mol. The lowest BCUT2D eigenvalue weighted by Crippen LogP contribution is -2.28. The summed E-state index contributed by atoms with van der Waals surface area (Å²) in [6.07, 6.45) is 0. The molecule has 0 saturated carbocycles. The van der Waals surface area contributed by atoms with E-state index in [-0.39, 0.29) is 11.8 Å². The largest absolute Gasteiger partial charge is 0.492 e. The van der Waals surface area contributed by atoms with Crippen molar-refractivity contribution in [3.8, 4) is 17.2 Å². The van der Waals surface area contributed by atoms with Gasteiger partial charge in [0.05, 0.1) is 6.54 Å². The number of para-hydroxylation sites is 1. The number of alkyl halides is 1. The Balaban J connectivity index is 1.85. The number of carbonyl (C=O) groups excluding carboxylic acids is 1. The number of amides is 1. The zero-order chi connectivity index (χ0) is 14.9. The minimum absolute atomic E-state index is 0.0413. The van der Waals surface area contributed by atoms with Crippen LogP contribution in [0.2, 0.25) is 0 Å². The topological polar surface area (TPSA) is 47.6 Å². The fourth-order valence-corrected chi connectivity index (χ4v) is 1.75. The van der Waals surface area contributed by atoms with Crippen LogP contribution >= 0.6 is 11.6 Å². The first-order chi connectivity index (χ1) is 10.3. The van der Waals surface area contributed by atoms with E-state index < -0.39 is 0 Å². The summed E-state index contributed by atoms with van der Waals surface area (Å²) in [5, 5.41) is 2.63. The first-order valence-corrected chi connectivity index (χ1v) is 7.10. The van der Waals surface area contributed by atoms with Gasteiger partial charge in [0.2, 0.25) is 5.91 Å². The van der Waals surface area contributed by atoms with E-state index in [4.69, 9.17) is 21.1 Å². The molecular formula is C16H16ClNO3. The second-order valence-electron chi connectivity index (χ2n) is 4.22. The van der Waals surface area contributed by atoms with Gasteiger partial charge in [-0.25, -0.2) is 0 Å². The van der Waals surface area contributed by atoms with Gasteiger partial charge in [0, 0.05) is 6.07 Å². The molecule has 110 valence electrons. The van der Waals surface area contributed by atoms with Gasteiger partial charge in [-0.3, -0.25) is 4.79 Å². The van der Waals surface area contributed by atoms with Crippen molar-refractivity contribution in [2.24, 2.45) is 0 Å². The normalized spacial score (nSPS) is 9.95. The average Bonchev–Trinajstić information content (AvgIpc) is 2.52. The van der Waals surface area contributed by atoms with Crippen LogP contribution in [0.5, 0.6) is 17.2 Å². The number of benzene rings is 2. The Morgan fingerprint density at radius 2 is 1.71 bits per heavy atom.